The first-order valence-electron chi connectivity index (χ1n) is 9.70. The van der Waals surface area contributed by atoms with Gasteiger partial charge in [0.25, 0.3) is 0 Å². The quantitative estimate of drug-likeness (QED) is 0.564. The monoisotopic (exact) mass is 406 g/mol. The second kappa shape index (κ2) is 9.98. The van der Waals surface area contributed by atoms with Gasteiger partial charge in [0.2, 0.25) is 0 Å². The summed E-state index contributed by atoms with van der Waals surface area (Å²) in [6.07, 6.45) is 1.98. The maximum absolute atomic E-state index is 13.4. The van der Waals surface area contributed by atoms with Crippen LogP contribution in [-0.4, -0.2) is 43.6 Å². The van der Waals surface area contributed by atoms with Crippen LogP contribution < -0.4 is 10.6 Å². The van der Waals surface area contributed by atoms with Crippen molar-refractivity contribution in [2.75, 3.05) is 26.7 Å². The van der Waals surface area contributed by atoms with Crippen LogP contribution in [0.4, 0.5) is 8.78 Å². The van der Waals surface area contributed by atoms with Crippen LogP contribution in [0.1, 0.15) is 36.8 Å². The second-order valence-electron chi connectivity index (χ2n) is 7.35. The zero-order valence-corrected chi connectivity index (χ0v) is 17.2. The molecule has 0 amide bonds. The Bertz CT molecular complexity index is 771. The van der Waals surface area contributed by atoms with Gasteiger partial charge in [-0.25, -0.2) is 8.78 Å². The third-order valence-corrected chi connectivity index (χ3v) is 5.93. The normalized spacial score (nSPS) is 17.5. The number of halogens is 2. The lowest BCUT2D eigenvalue weighted by atomic mass is 10.0. The van der Waals surface area contributed by atoms with E-state index in [1.54, 1.807) is 24.5 Å². The van der Waals surface area contributed by atoms with Gasteiger partial charge in [-0.2, -0.15) is 11.3 Å². The first-order chi connectivity index (χ1) is 13.5. The van der Waals surface area contributed by atoms with E-state index in [0.29, 0.717) is 18.5 Å². The molecule has 1 aliphatic rings. The van der Waals surface area contributed by atoms with Crippen LogP contribution in [-0.2, 0) is 6.54 Å². The Morgan fingerprint density at radius 1 is 1.25 bits per heavy atom. The molecule has 4 nitrogen and oxygen atoms in total. The van der Waals surface area contributed by atoms with E-state index in [4.69, 9.17) is 0 Å². The highest BCUT2D eigenvalue weighted by molar-refractivity contribution is 7.07. The molecule has 2 heterocycles. The summed E-state index contributed by atoms with van der Waals surface area (Å²) in [5, 5.41) is 11.2. The maximum Gasteiger partial charge on any atom is 0.191 e. The number of benzene rings is 1. The molecule has 1 aliphatic heterocycles. The van der Waals surface area contributed by atoms with Crippen LogP contribution in [0.5, 0.6) is 0 Å². The van der Waals surface area contributed by atoms with E-state index in [0.717, 1.165) is 44.0 Å². The Hall–Kier alpha value is -1.99. The van der Waals surface area contributed by atoms with Gasteiger partial charge in [-0.15, -0.1) is 0 Å². The van der Waals surface area contributed by atoms with Crippen molar-refractivity contribution >= 4 is 17.3 Å². The summed E-state index contributed by atoms with van der Waals surface area (Å²) in [4.78, 5) is 6.62. The molecule has 1 fully saturated rings. The van der Waals surface area contributed by atoms with Crippen molar-refractivity contribution in [2.45, 2.75) is 38.3 Å². The fraction of sp³-hybridized carbons (Fsp3) is 0.476. The predicted molar refractivity (Wildman–Crippen MR) is 112 cm³/mol. The van der Waals surface area contributed by atoms with E-state index in [-0.39, 0.29) is 0 Å². The zero-order chi connectivity index (χ0) is 19.9. The fourth-order valence-electron chi connectivity index (χ4n) is 3.44. The van der Waals surface area contributed by atoms with E-state index >= 15 is 0 Å². The van der Waals surface area contributed by atoms with Crippen LogP contribution in [0.15, 0.2) is 40.0 Å². The van der Waals surface area contributed by atoms with Gasteiger partial charge in [-0.3, -0.25) is 9.89 Å². The SMILES string of the molecule is CN=C(NCC(C)c1ccsc1)NC1CCN(Cc2ccc(F)c(F)c2)CC1. The molecule has 0 spiro atoms. The van der Waals surface area contributed by atoms with Gasteiger partial charge in [0.1, 0.15) is 0 Å². The minimum Gasteiger partial charge on any atom is -0.356 e. The van der Waals surface area contributed by atoms with E-state index in [9.17, 15) is 8.78 Å². The Morgan fingerprint density at radius 2 is 2.04 bits per heavy atom. The fourth-order valence-corrected chi connectivity index (χ4v) is 4.22. The summed E-state index contributed by atoms with van der Waals surface area (Å²) in [7, 11) is 1.79. The first kappa shape index (κ1) is 20.7. The molecule has 28 heavy (non-hydrogen) atoms. The van der Waals surface area contributed by atoms with Crippen molar-refractivity contribution in [3.05, 3.63) is 57.8 Å². The number of nitrogens with one attached hydrogen (secondary N) is 2. The molecule has 1 aromatic heterocycles. The van der Waals surface area contributed by atoms with Crippen LogP contribution >= 0.6 is 11.3 Å². The number of hydrogen-bond acceptors (Lipinski definition) is 3. The summed E-state index contributed by atoms with van der Waals surface area (Å²) in [6, 6.07) is 6.68. The van der Waals surface area contributed by atoms with Crippen molar-refractivity contribution in [1.29, 1.82) is 0 Å². The second-order valence-corrected chi connectivity index (χ2v) is 8.13. The molecule has 2 aromatic rings. The third-order valence-electron chi connectivity index (χ3n) is 5.23. The summed E-state index contributed by atoms with van der Waals surface area (Å²) in [5.74, 6) is -0.302. The zero-order valence-electron chi connectivity index (χ0n) is 16.4. The number of guanidine groups is 1. The maximum atomic E-state index is 13.4. The molecule has 0 saturated carbocycles. The van der Waals surface area contributed by atoms with Crippen LogP contribution in [0.2, 0.25) is 0 Å². The molecule has 7 heteroatoms. The Morgan fingerprint density at radius 3 is 2.68 bits per heavy atom. The number of aliphatic imine (C=N–C) groups is 1. The largest absolute Gasteiger partial charge is 0.356 e. The first-order valence-corrected chi connectivity index (χ1v) is 10.6. The van der Waals surface area contributed by atoms with Crippen molar-refractivity contribution < 1.29 is 8.78 Å². The van der Waals surface area contributed by atoms with Crippen LogP contribution in [0.25, 0.3) is 0 Å². The van der Waals surface area contributed by atoms with Gasteiger partial charge >= 0.3 is 0 Å². The Labute approximate surface area is 169 Å². The van der Waals surface area contributed by atoms with Gasteiger partial charge in [0.15, 0.2) is 17.6 Å². The molecule has 1 saturated heterocycles. The van der Waals surface area contributed by atoms with Gasteiger partial charge in [0.05, 0.1) is 0 Å². The number of rotatable bonds is 6. The van der Waals surface area contributed by atoms with Gasteiger partial charge in [0, 0.05) is 39.3 Å². The minimum absolute atomic E-state index is 0.365. The minimum atomic E-state index is -0.793. The molecule has 0 aliphatic carbocycles. The van der Waals surface area contributed by atoms with Gasteiger partial charge < -0.3 is 10.6 Å². The smallest absolute Gasteiger partial charge is 0.191 e. The van der Waals surface area contributed by atoms with Crippen LogP contribution in [0.3, 0.4) is 0 Å². The van der Waals surface area contributed by atoms with Crippen LogP contribution in [0, 0.1) is 11.6 Å². The summed E-state index contributed by atoms with van der Waals surface area (Å²) >= 11 is 1.72. The van der Waals surface area contributed by atoms with Crippen molar-refractivity contribution in [1.82, 2.24) is 15.5 Å². The number of thiophene rings is 1. The number of likely N-dealkylation sites (tertiary alicyclic amines) is 1. The van der Waals surface area contributed by atoms with Gasteiger partial charge in [-0.05, 0) is 58.8 Å². The molecular formula is C21H28F2N4S. The number of nitrogens with zero attached hydrogens (tertiary/aromatic N) is 2. The highest BCUT2D eigenvalue weighted by atomic mass is 32.1. The third kappa shape index (κ3) is 5.75. The standard InChI is InChI=1S/C21H28F2N4S/c1-15(17-7-10-28-14-17)12-25-21(24-2)26-18-5-8-27(9-6-18)13-16-3-4-19(22)20(23)11-16/h3-4,7,10-11,14-15,18H,5-6,8-9,12-13H2,1-2H3,(H2,24,25,26). The van der Waals surface area contributed by atoms with E-state index < -0.39 is 11.6 Å². The van der Waals surface area contributed by atoms with E-state index in [1.807, 2.05) is 0 Å². The molecule has 1 atom stereocenters. The molecular weight excluding hydrogens is 378 g/mol. The summed E-state index contributed by atoms with van der Waals surface area (Å²) in [6.45, 7) is 5.53. The Kier molecular flexibility index (Phi) is 7.39. The summed E-state index contributed by atoms with van der Waals surface area (Å²) in [5.41, 5.74) is 2.16. The van der Waals surface area contributed by atoms with E-state index in [1.165, 1.54) is 17.7 Å². The van der Waals surface area contributed by atoms with Crippen molar-refractivity contribution in [3.8, 4) is 0 Å². The number of hydrogen-bond donors (Lipinski definition) is 2. The average Bonchev–Trinajstić information content (AvgIpc) is 3.24. The highest BCUT2D eigenvalue weighted by Crippen LogP contribution is 2.18. The molecule has 1 unspecified atom stereocenters. The van der Waals surface area contributed by atoms with Crippen molar-refractivity contribution in [2.24, 2.45) is 4.99 Å². The highest BCUT2D eigenvalue weighted by Gasteiger charge is 2.20. The summed E-state index contributed by atoms with van der Waals surface area (Å²) < 4.78 is 26.4. The lowest BCUT2D eigenvalue weighted by Gasteiger charge is -2.33. The van der Waals surface area contributed by atoms with E-state index in [2.05, 4.69) is 44.3 Å². The molecule has 0 bridgehead atoms. The lowest BCUT2D eigenvalue weighted by Crippen LogP contribution is -2.49. The van der Waals surface area contributed by atoms with Crippen molar-refractivity contribution in [3.63, 3.8) is 0 Å². The molecule has 0 radical (unpaired) electrons. The molecule has 3 rings (SSSR count). The topological polar surface area (TPSA) is 39.7 Å². The lowest BCUT2D eigenvalue weighted by molar-refractivity contribution is 0.198. The Balaban J connectivity index is 1.41. The average molecular weight is 407 g/mol. The number of piperidine rings is 1. The molecule has 152 valence electrons. The molecule has 2 N–H and O–H groups in total. The van der Waals surface area contributed by atoms with Gasteiger partial charge in [-0.1, -0.05) is 13.0 Å². The predicted octanol–water partition coefficient (Wildman–Crippen LogP) is 3.96. The molecule has 1 aromatic carbocycles.